The summed E-state index contributed by atoms with van der Waals surface area (Å²) in [7, 11) is 0. The third-order valence-electron chi connectivity index (χ3n) is 3.00. The van der Waals surface area contributed by atoms with Gasteiger partial charge in [-0.15, -0.1) is 12.5 Å². The van der Waals surface area contributed by atoms with Gasteiger partial charge >= 0.3 is 0 Å². The first-order valence-corrected chi connectivity index (χ1v) is 7.67. The molecule has 20 heavy (non-hydrogen) atoms. The summed E-state index contributed by atoms with van der Waals surface area (Å²) in [6.07, 6.45) is 11.6. The lowest BCUT2D eigenvalue weighted by Gasteiger charge is -2.23. The van der Waals surface area contributed by atoms with Crippen LogP contribution in [0.25, 0.3) is 0 Å². The summed E-state index contributed by atoms with van der Waals surface area (Å²) in [5.41, 5.74) is 0. The minimum absolute atomic E-state index is 0.0375. The maximum Gasteiger partial charge on any atom is 0.144 e. The van der Waals surface area contributed by atoms with E-state index in [0.717, 1.165) is 12.8 Å². The Balaban J connectivity index is 4.46. The van der Waals surface area contributed by atoms with Crippen molar-refractivity contribution in [1.29, 1.82) is 0 Å². The monoisotopic (exact) mass is 278 g/mol. The van der Waals surface area contributed by atoms with Gasteiger partial charge in [-0.3, -0.25) is 0 Å². The van der Waals surface area contributed by atoms with Gasteiger partial charge in [0.2, 0.25) is 0 Å². The van der Waals surface area contributed by atoms with E-state index in [2.05, 4.69) is 25.3 Å². The van der Waals surface area contributed by atoms with Crippen molar-refractivity contribution >= 4 is 0 Å². The van der Waals surface area contributed by atoms with Crippen molar-refractivity contribution < 1.29 is 9.47 Å². The van der Waals surface area contributed by atoms with Crippen LogP contribution in [-0.2, 0) is 9.47 Å². The standard InChI is InChI=1S/C18H30O2/c1-5-9-11-12-14-18(20-16-10-6-2)17(13-7-3)19-15-8-4/h6,8,10,17-18H,4-5,9,11-12,14-16H2,1-3H3/b10-6+/t17-,18-/m0/s1. The van der Waals surface area contributed by atoms with Crippen molar-refractivity contribution in [3.8, 4) is 11.8 Å². The Labute approximate surface area is 125 Å². The SMILES string of the molecule is C=CCO[C@@H](C#CC)[C@H](CCCCCC)OC/C=C/C. The van der Waals surface area contributed by atoms with Crippen LogP contribution >= 0.6 is 0 Å². The molecule has 0 N–H and O–H groups in total. The Morgan fingerprint density at radius 2 is 1.95 bits per heavy atom. The van der Waals surface area contributed by atoms with Crippen molar-refractivity contribution in [3.05, 3.63) is 24.8 Å². The smallest absolute Gasteiger partial charge is 0.144 e. The van der Waals surface area contributed by atoms with Crippen molar-refractivity contribution in [3.63, 3.8) is 0 Å². The molecule has 0 amide bonds. The van der Waals surface area contributed by atoms with Gasteiger partial charge < -0.3 is 9.47 Å². The number of allylic oxidation sites excluding steroid dienone is 1. The second kappa shape index (κ2) is 14.4. The van der Waals surface area contributed by atoms with Crippen LogP contribution in [0.4, 0.5) is 0 Å². The molecule has 0 aromatic rings. The molecule has 2 nitrogen and oxygen atoms in total. The van der Waals surface area contributed by atoms with Gasteiger partial charge in [0, 0.05) is 0 Å². The zero-order valence-corrected chi connectivity index (χ0v) is 13.4. The van der Waals surface area contributed by atoms with Crippen LogP contribution in [0.2, 0.25) is 0 Å². The summed E-state index contributed by atoms with van der Waals surface area (Å²) >= 11 is 0. The Morgan fingerprint density at radius 1 is 1.15 bits per heavy atom. The molecule has 0 fully saturated rings. The fourth-order valence-electron chi connectivity index (χ4n) is 1.93. The quantitative estimate of drug-likeness (QED) is 0.297. The molecular weight excluding hydrogens is 248 g/mol. The van der Waals surface area contributed by atoms with Gasteiger partial charge in [-0.05, 0) is 20.3 Å². The number of rotatable bonds is 12. The van der Waals surface area contributed by atoms with E-state index in [1.54, 1.807) is 6.08 Å². The molecule has 0 aliphatic carbocycles. The predicted octanol–water partition coefficient (Wildman–Crippen LogP) is 4.51. The summed E-state index contributed by atoms with van der Waals surface area (Å²) in [5.74, 6) is 6.06. The molecule has 0 radical (unpaired) electrons. The van der Waals surface area contributed by atoms with Crippen LogP contribution in [0.3, 0.4) is 0 Å². The largest absolute Gasteiger partial charge is 0.370 e. The Bertz CT molecular complexity index is 309. The molecular formula is C18H30O2. The van der Waals surface area contributed by atoms with Crippen LogP contribution < -0.4 is 0 Å². The molecule has 2 atom stereocenters. The highest BCUT2D eigenvalue weighted by Crippen LogP contribution is 2.14. The van der Waals surface area contributed by atoms with Gasteiger partial charge in [-0.2, -0.15) is 0 Å². The lowest BCUT2D eigenvalue weighted by atomic mass is 10.0. The Morgan fingerprint density at radius 3 is 2.55 bits per heavy atom. The van der Waals surface area contributed by atoms with E-state index in [9.17, 15) is 0 Å². The van der Waals surface area contributed by atoms with E-state index in [-0.39, 0.29) is 12.2 Å². The van der Waals surface area contributed by atoms with Gasteiger partial charge in [-0.25, -0.2) is 0 Å². The number of hydrogen-bond donors (Lipinski definition) is 0. The van der Waals surface area contributed by atoms with Crippen LogP contribution in [0.5, 0.6) is 0 Å². The first kappa shape index (κ1) is 19.0. The molecule has 2 heteroatoms. The van der Waals surface area contributed by atoms with Gasteiger partial charge in [0.15, 0.2) is 0 Å². The minimum atomic E-state index is -0.162. The molecule has 0 aromatic heterocycles. The second-order valence-corrected chi connectivity index (χ2v) is 4.73. The fourth-order valence-corrected chi connectivity index (χ4v) is 1.93. The summed E-state index contributed by atoms with van der Waals surface area (Å²) in [5, 5.41) is 0. The molecule has 0 aliphatic heterocycles. The van der Waals surface area contributed by atoms with Gasteiger partial charge in [0.05, 0.1) is 19.3 Å². The van der Waals surface area contributed by atoms with Crippen LogP contribution in [-0.4, -0.2) is 25.4 Å². The average Bonchev–Trinajstić information content (AvgIpc) is 2.46. The van der Waals surface area contributed by atoms with Crippen molar-refractivity contribution in [2.24, 2.45) is 0 Å². The van der Waals surface area contributed by atoms with Gasteiger partial charge in [0.1, 0.15) is 6.10 Å². The van der Waals surface area contributed by atoms with E-state index in [0.29, 0.717) is 13.2 Å². The van der Waals surface area contributed by atoms with Crippen LogP contribution in [0.1, 0.15) is 52.9 Å². The summed E-state index contributed by atoms with van der Waals surface area (Å²) in [4.78, 5) is 0. The maximum atomic E-state index is 5.93. The number of ether oxygens (including phenoxy) is 2. The predicted molar refractivity (Wildman–Crippen MR) is 86.7 cm³/mol. The second-order valence-electron chi connectivity index (χ2n) is 4.73. The molecule has 0 saturated heterocycles. The van der Waals surface area contributed by atoms with E-state index < -0.39 is 0 Å². The third-order valence-corrected chi connectivity index (χ3v) is 3.00. The molecule has 0 unspecified atom stereocenters. The Kier molecular flexibility index (Phi) is 13.6. The molecule has 0 heterocycles. The summed E-state index contributed by atoms with van der Waals surface area (Å²) in [6, 6.07) is 0. The highest BCUT2D eigenvalue weighted by atomic mass is 16.5. The topological polar surface area (TPSA) is 18.5 Å². The first-order valence-electron chi connectivity index (χ1n) is 7.67. The molecule has 0 aliphatic rings. The fraction of sp³-hybridized carbons (Fsp3) is 0.667. The van der Waals surface area contributed by atoms with Crippen molar-refractivity contribution in [2.75, 3.05) is 13.2 Å². The first-order chi connectivity index (χ1) is 9.79. The highest BCUT2D eigenvalue weighted by Gasteiger charge is 2.20. The van der Waals surface area contributed by atoms with Crippen molar-refractivity contribution in [2.45, 2.75) is 65.1 Å². The van der Waals surface area contributed by atoms with E-state index in [4.69, 9.17) is 9.47 Å². The van der Waals surface area contributed by atoms with Gasteiger partial charge in [-0.1, -0.05) is 56.8 Å². The van der Waals surface area contributed by atoms with E-state index >= 15 is 0 Å². The average molecular weight is 278 g/mol. The van der Waals surface area contributed by atoms with Crippen LogP contribution in [0, 0.1) is 11.8 Å². The van der Waals surface area contributed by atoms with E-state index in [1.807, 2.05) is 26.0 Å². The molecule has 114 valence electrons. The minimum Gasteiger partial charge on any atom is -0.370 e. The normalized spacial score (nSPS) is 13.8. The van der Waals surface area contributed by atoms with E-state index in [1.165, 1.54) is 19.3 Å². The van der Waals surface area contributed by atoms with Crippen LogP contribution in [0.15, 0.2) is 24.8 Å². The zero-order chi connectivity index (χ0) is 15.1. The maximum absolute atomic E-state index is 5.93. The molecule has 0 saturated carbocycles. The molecule has 0 bridgehead atoms. The summed E-state index contributed by atoms with van der Waals surface area (Å²) < 4.78 is 11.7. The lowest BCUT2D eigenvalue weighted by molar-refractivity contribution is -0.0358. The Hall–Kier alpha value is -1.04. The third kappa shape index (κ3) is 9.83. The lowest BCUT2D eigenvalue weighted by Crippen LogP contribution is -2.31. The zero-order valence-electron chi connectivity index (χ0n) is 13.4. The molecule has 0 rings (SSSR count). The highest BCUT2D eigenvalue weighted by molar-refractivity contribution is 5.06. The molecule has 0 aromatic carbocycles. The molecule has 0 spiro atoms. The number of unbranched alkanes of at least 4 members (excludes halogenated alkanes) is 3. The van der Waals surface area contributed by atoms with Gasteiger partial charge in [0.25, 0.3) is 0 Å². The number of hydrogen-bond acceptors (Lipinski definition) is 2. The van der Waals surface area contributed by atoms with Crippen molar-refractivity contribution in [1.82, 2.24) is 0 Å². The summed E-state index contributed by atoms with van der Waals surface area (Å²) in [6.45, 7) is 10.9.